The number of hydrogen-bond acceptors (Lipinski definition) is 6. The molecule has 0 aliphatic carbocycles. The van der Waals surface area contributed by atoms with Gasteiger partial charge in [-0.15, -0.1) is 0 Å². The van der Waals surface area contributed by atoms with Gasteiger partial charge in [-0.1, -0.05) is 11.8 Å². The Labute approximate surface area is 169 Å². The predicted molar refractivity (Wildman–Crippen MR) is 111 cm³/mol. The maximum absolute atomic E-state index is 13.0. The van der Waals surface area contributed by atoms with Gasteiger partial charge in [0.1, 0.15) is 11.6 Å². The summed E-state index contributed by atoms with van der Waals surface area (Å²) in [6.07, 6.45) is 5.05. The molecule has 152 valence electrons. The fraction of sp³-hybridized carbons (Fsp3) is 0.381. The molecule has 3 rings (SSSR count). The van der Waals surface area contributed by atoms with Crippen molar-refractivity contribution >= 4 is 23.4 Å². The van der Waals surface area contributed by atoms with Crippen molar-refractivity contribution in [2.45, 2.75) is 31.7 Å². The molecule has 2 heterocycles. The Morgan fingerprint density at radius 3 is 2.90 bits per heavy atom. The summed E-state index contributed by atoms with van der Waals surface area (Å²) in [5, 5.41) is 12.2. The number of amides is 1. The fourth-order valence-corrected chi connectivity index (χ4v) is 2.96. The molecule has 0 spiro atoms. The van der Waals surface area contributed by atoms with Gasteiger partial charge in [-0.3, -0.25) is 4.79 Å². The number of benzene rings is 1. The highest BCUT2D eigenvalue weighted by molar-refractivity contribution is 5.81. The topological polar surface area (TPSA) is 91.0 Å². The molecule has 0 saturated carbocycles. The van der Waals surface area contributed by atoms with Crippen LogP contribution in [0.5, 0.6) is 0 Å². The minimum Gasteiger partial charge on any atom is -0.372 e. The van der Waals surface area contributed by atoms with Crippen molar-refractivity contribution in [1.29, 1.82) is 0 Å². The Morgan fingerprint density at radius 2 is 2.17 bits per heavy atom. The minimum absolute atomic E-state index is 0.0431. The maximum Gasteiger partial charge on any atom is 0.237 e. The second-order valence-electron chi connectivity index (χ2n) is 6.68. The van der Waals surface area contributed by atoms with Gasteiger partial charge in [0.15, 0.2) is 0 Å². The SMILES string of the molecule is CNc1nc(Nc2ccc(F)cc2)ncc1C#CCCCNC(=O)C1CCCN1. The molecule has 0 bridgehead atoms. The number of aromatic nitrogens is 2. The van der Waals surface area contributed by atoms with Gasteiger partial charge in [0.05, 0.1) is 17.8 Å². The van der Waals surface area contributed by atoms with Crippen LogP contribution in [0.1, 0.15) is 31.2 Å². The number of rotatable bonds is 7. The third-order valence-corrected chi connectivity index (χ3v) is 4.50. The molecule has 1 unspecified atom stereocenters. The van der Waals surface area contributed by atoms with Gasteiger partial charge in [0.2, 0.25) is 11.9 Å². The molecule has 1 saturated heterocycles. The Hall–Kier alpha value is -3.18. The molecule has 29 heavy (non-hydrogen) atoms. The van der Waals surface area contributed by atoms with E-state index in [9.17, 15) is 9.18 Å². The molecule has 0 radical (unpaired) electrons. The lowest BCUT2D eigenvalue weighted by molar-refractivity contribution is -0.122. The first-order chi connectivity index (χ1) is 14.2. The molecule has 4 N–H and O–H groups in total. The van der Waals surface area contributed by atoms with E-state index in [1.807, 2.05) is 0 Å². The van der Waals surface area contributed by atoms with E-state index in [-0.39, 0.29) is 17.8 Å². The highest BCUT2D eigenvalue weighted by atomic mass is 19.1. The molecule has 2 aromatic rings. The van der Waals surface area contributed by atoms with E-state index < -0.39 is 0 Å². The monoisotopic (exact) mass is 396 g/mol. The number of anilines is 3. The van der Waals surface area contributed by atoms with E-state index in [1.54, 1.807) is 25.4 Å². The summed E-state index contributed by atoms with van der Waals surface area (Å²) in [6, 6.07) is 5.93. The molecule has 1 fully saturated rings. The first-order valence-corrected chi connectivity index (χ1v) is 9.73. The molecule has 1 atom stereocenters. The summed E-state index contributed by atoms with van der Waals surface area (Å²) in [7, 11) is 1.77. The Morgan fingerprint density at radius 1 is 1.34 bits per heavy atom. The van der Waals surface area contributed by atoms with Crippen LogP contribution >= 0.6 is 0 Å². The van der Waals surface area contributed by atoms with Crippen molar-refractivity contribution in [2.24, 2.45) is 0 Å². The summed E-state index contributed by atoms with van der Waals surface area (Å²) < 4.78 is 13.0. The van der Waals surface area contributed by atoms with E-state index in [0.29, 0.717) is 36.0 Å². The van der Waals surface area contributed by atoms with Crippen molar-refractivity contribution in [3.8, 4) is 11.8 Å². The average molecular weight is 396 g/mol. The zero-order chi connectivity index (χ0) is 20.5. The highest BCUT2D eigenvalue weighted by Crippen LogP contribution is 2.17. The third kappa shape index (κ3) is 6.16. The van der Waals surface area contributed by atoms with Crippen LogP contribution in [0.2, 0.25) is 0 Å². The maximum atomic E-state index is 13.0. The molecule has 8 heteroatoms. The molecule has 1 aliphatic rings. The number of halogens is 1. The number of carbonyl (C=O) groups is 1. The van der Waals surface area contributed by atoms with Gasteiger partial charge in [0, 0.05) is 25.7 Å². The smallest absolute Gasteiger partial charge is 0.237 e. The van der Waals surface area contributed by atoms with Crippen LogP contribution in [0.25, 0.3) is 0 Å². The summed E-state index contributed by atoms with van der Waals surface area (Å²) in [5.41, 5.74) is 1.39. The van der Waals surface area contributed by atoms with Crippen molar-refractivity contribution < 1.29 is 9.18 Å². The van der Waals surface area contributed by atoms with Crippen LogP contribution < -0.4 is 21.3 Å². The first kappa shape index (κ1) is 20.6. The second kappa shape index (κ2) is 10.4. The van der Waals surface area contributed by atoms with E-state index in [4.69, 9.17) is 0 Å². The zero-order valence-corrected chi connectivity index (χ0v) is 16.4. The van der Waals surface area contributed by atoms with Gasteiger partial charge in [0.25, 0.3) is 0 Å². The number of nitrogens with one attached hydrogen (secondary N) is 4. The molecule has 7 nitrogen and oxygen atoms in total. The summed E-state index contributed by atoms with van der Waals surface area (Å²) in [6.45, 7) is 1.53. The molecular formula is C21H25FN6O. The number of hydrogen-bond donors (Lipinski definition) is 4. The largest absolute Gasteiger partial charge is 0.372 e. The molecule has 1 amide bonds. The van der Waals surface area contributed by atoms with Crippen LogP contribution in [-0.4, -0.2) is 42.1 Å². The van der Waals surface area contributed by atoms with Crippen molar-refractivity contribution in [3.05, 3.63) is 41.8 Å². The van der Waals surface area contributed by atoms with Crippen LogP contribution in [-0.2, 0) is 4.79 Å². The van der Waals surface area contributed by atoms with Crippen molar-refractivity contribution in [2.75, 3.05) is 30.8 Å². The predicted octanol–water partition coefficient (Wildman–Crippen LogP) is 2.40. The normalized spacial score (nSPS) is 15.3. The molecule has 1 aromatic heterocycles. The van der Waals surface area contributed by atoms with Gasteiger partial charge < -0.3 is 21.3 Å². The first-order valence-electron chi connectivity index (χ1n) is 9.73. The fourth-order valence-electron chi connectivity index (χ4n) is 2.96. The second-order valence-corrected chi connectivity index (χ2v) is 6.68. The lowest BCUT2D eigenvalue weighted by Gasteiger charge is -2.10. The van der Waals surface area contributed by atoms with Gasteiger partial charge >= 0.3 is 0 Å². The van der Waals surface area contributed by atoms with Crippen LogP contribution in [0, 0.1) is 17.7 Å². The van der Waals surface area contributed by atoms with Crippen LogP contribution in [0.3, 0.4) is 0 Å². The van der Waals surface area contributed by atoms with E-state index in [2.05, 4.69) is 43.1 Å². The van der Waals surface area contributed by atoms with Crippen LogP contribution in [0.4, 0.5) is 21.8 Å². The van der Waals surface area contributed by atoms with E-state index in [0.717, 1.165) is 25.8 Å². The van der Waals surface area contributed by atoms with Crippen LogP contribution in [0.15, 0.2) is 30.5 Å². The van der Waals surface area contributed by atoms with Gasteiger partial charge in [-0.05, 0) is 50.1 Å². The van der Waals surface area contributed by atoms with Gasteiger partial charge in [-0.2, -0.15) is 4.98 Å². The van der Waals surface area contributed by atoms with E-state index >= 15 is 0 Å². The number of unbranched alkanes of at least 4 members (excludes halogenated alkanes) is 1. The highest BCUT2D eigenvalue weighted by Gasteiger charge is 2.20. The molecule has 1 aliphatic heterocycles. The Kier molecular flexibility index (Phi) is 7.36. The lowest BCUT2D eigenvalue weighted by Crippen LogP contribution is -2.40. The third-order valence-electron chi connectivity index (χ3n) is 4.50. The summed E-state index contributed by atoms with van der Waals surface area (Å²) in [4.78, 5) is 20.6. The number of carbonyl (C=O) groups excluding carboxylic acids is 1. The molecular weight excluding hydrogens is 371 g/mol. The average Bonchev–Trinajstić information content (AvgIpc) is 3.28. The minimum atomic E-state index is -0.298. The quantitative estimate of drug-likeness (QED) is 0.424. The van der Waals surface area contributed by atoms with Gasteiger partial charge in [-0.25, -0.2) is 9.37 Å². The Balaban J connectivity index is 1.49. The zero-order valence-electron chi connectivity index (χ0n) is 16.4. The summed E-state index contributed by atoms with van der Waals surface area (Å²) in [5.74, 6) is 6.95. The molecule has 1 aromatic carbocycles. The Bertz CT molecular complexity index is 884. The number of nitrogens with zero attached hydrogens (tertiary/aromatic N) is 2. The van der Waals surface area contributed by atoms with Crippen molar-refractivity contribution in [3.63, 3.8) is 0 Å². The van der Waals surface area contributed by atoms with Crippen molar-refractivity contribution in [1.82, 2.24) is 20.6 Å². The standard InChI is InChI=1S/C21H25FN6O/c1-23-19-15(6-3-2-4-12-25-20(29)18-7-5-13-24-18)14-26-21(28-19)27-17-10-8-16(22)9-11-17/h8-11,14,18,24H,2,4-5,7,12-13H2,1H3,(H,25,29)(H2,23,26,27,28). The lowest BCUT2D eigenvalue weighted by atomic mass is 10.2. The van der Waals surface area contributed by atoms with E-state index in [1.165, 1.54) is 12.1 Å². The summed E-state index contributed by atoms with van der Waals surface area (Å²) >= 11 is 0.